The number of benzene rings is 2. The van der Waals surface area contributed by atoms with Crippen LogP contribution in [-0.4, -0.2) is 16.9 Å². The van der Waals surface area contributed by atoms with Crippen LogP contribution in [0.15, 0.2) is 48.5 Å². The first-order valence-corrected chi connectivity index (χ1v) is 6.48. The monoisotopic (exact) mass is 285 g/mol. The second-order valence-electron chi connectivity index (χ2n) is 4.87. The SMILES string of the molecule is O=C1CC(c2ccccc2)C(=O)N1c1ccc(O)cc1F. The summed E-state index contributed by atoms with van der Waals surface area (Å²) in [5.74, 6) is -2.54. The van der Waals surface area contributed by atoms with Crippen LogP contribution in [0.5, 0.6) is 5.75 Å². The molecular weight excluding hydrogens is 273 g/mol. The van der Waals surface area contributed by atoms with Crippen LogP contribution >= 0.6 is 0 Å². The van der Waals surface area contributed by atoms with Crippen molar-refractivity contribution in [2.75, 3.05) is 4.90 Å². The fraction of sp³-hybridized carbons (Fsp3) is 0.125. The summed E-state index contributed by atoms with van der Waals surface area (Å²) in [7, 11) is 0. The van der Waals surface area contributed by atoms with Crippen LogP contribution in [0.4, 0.5) is 10.1 Å². The van der Waals surface area contributed by atoms with E-state index in [0.717, 1.165) is 16.5 Å². The van der Waals surface area contributed by atoms with Crippen molar-refractivity contribution in [3.63, 3.8) is 0 Å². The summed E-state index contributed by atoms with van der Waals surface area (Å²) in [4.78, 5) is 25.4. The third-order valence-electron chi connectivity index (χ3n) is 3.52. The Labute approximate surface area is 120 Å². The second kappa shape index (κ2) is 5.01. The number of anilines is 1. The molecule has 1 unspecified atom stereocenters. The molecule has 1 atom stereocenters. The Morgan fingerprint density at radius 1 is 1.10 bits per heavy atom. The van der Waals surface area contributed by atoms with E-state index in [4.69, 9.17) is 0 Å². The number of hydrogen-bond acceptors (Lipinski definition) is 3. The molecule has 3 rings (SSSR count). The maximum absolute atomic E-state index is 13.9. The Morgan fingerprint density at radius 3 is 2.48 bits per heavy atom. The average Bonchev–Trinajstić information content (AvgIpc) is 2.76. The Bertz CT molecular complexity index is 715. The lowest BCUT2D eigenvalue weighted by molar-refractivity contribution is -0.121. The minimum Gasteiger partial charge on any atom is -0.508 e. The first-order chi connectivity index (χ1) is 10.1. The number of aromatic hydroxyl groups is 1. The van der Waals surface area contributed by atoms with Gasteiger partial charge in [-0.3, -0.25) is 9.59 Å². The lowest BCUT2D eigenvalue weighted by Gasteiger charge is -2.16. The highest BCUT2D eigenvalue weighted by Crippen LogP contribution is 2.34. The van der Waals surface area contributed by atoms with Gasteiger partial charge in [-0.05, 0) is 17.7 Å². The van der Waals surface area contributed by atoms with E-state index in [1.54, 1.807) is 24.3 Å². The van der Waals surface area contributed by atoms with Crippen LogP contribution in [0.3, 0.4) is 0 Å². The van der Waals surface area contributed by atoms with Gasteiger partial charge in [0, 0.05) is 12.5 Å². The molecule has 1 saturated heterocycles. The number of carbonyl (C=O) groups excluding carboxylic acids is 2. The Morgan fingerprint density at radius 2 is 1.81 bits per heavy atom. The maximum Gasteiger partial charge on any atom is 0.241 e. The van der Waals surface area contributed by atoms with E-state index in [1.165, 1.54) is 12.1 Å². The maximum atomic E-state index is 13.9. The number of amides is 2. The lowest BCUT2D eigenvalue weighted by Crippen LogP contribution is -2.30. The number of hydrogen-bond donors (Lipinski definition) is 1. The Balaban J connectivity index is 1.98. The molecule has 0 spiro atoms. The first-order valence-electron chi connectivity index (χ1n) is 6.48. The van der Waals surface area contributed by atoms with Crippen molar-refractivity contribution in [2.45, 2.75) is 12.3 Å². The molecule has 2 aromatic rings. The van der Waals surface area contributed by atoms with Crippen LogP contribution in [0, 0.1) is 5.82 Å². The predicted molar refractivity (Wildman–Crippen MR) is 74.4 cm³/mol. The van der Waals surface area contributed by atoms with Crippen molar-refractivity contribution >= 4 is 17.5 Å². The minimum absolute atomic E-state index is 0.0170. The lowest BCUT2D eigenvalue weighted by atomic mass is 9.98. The van der Waals surface area contributed by atoms with Crippen molar-refractivity contribution in [1.82, 2.24) is 0 Å². The number of imide groups is 1. The fourth-order valence-electron chi connectivity index (χ4n) is 2.51. The summed E-state index contributed by atoms with van der Waals surface area (Å²) in [6.07, 6.45) is 0.0170. The molecule has 5 heteroatoms. The van der Waals surface area contributed by atoms with Crippen LogP contribution in [0.25, 0.3) is 0 Å². The van der Waals surface area contributed by atoms with Gasteiger partial charge >= 0.3 is 0 Å². The van der Waals surface area contributed by atoms with Crippen LogP contribution in [-0.2, 0) is 9.59 Å². The van der Waals surface area contributed by atoms with Gasteiger partial charge in [0.15, 0.2) is 5.82 Å². The van der Waals surface area contributed by atoms with Gasteiger partial charge < -0.3 is 5.11 Å². The van der Waals surface area contributed by atoms with E-state index < -0.39 is 23.5 Å². The predicted octanol–water partition coefficient (Wildman–Crippen LogP) is 2.58. The number of rotatable bonds is 2. The smallest absolute Gasteiger partial charge is 0.241 e. The zero-order chi connectivity index (χ0) is 15.0. The summed E-state index contributed by atoms with van der Waals surface area (Å²) in [5.41, 5.74) is 0.610. The van der Waals surface area contributed by atoms with Gasteiger partial charge in [0.25, 0.3) is 0 Å². The van der Waals surface area contributed by atoms with E-state index in [-0.39, 0.29) is 17.9 Å². The van der Waals surface area contributed by atoms with Crippen molar-refractivity contribution in [1.29, 1.82) is 0 Å². The third-order valence-corrected chi connectivity index (χ3v) is 3.52. The molecular formula is C16H12FNO3. The van der Waals surface area contributed by atoms with E-state index in [2.05, 4.69) is 0 Å². The van der Waals surface area contributed by atoms with Gasteiger partial charge in [-0.15, -0.1) is 0 Å². The Kier molecular flexibility index (Phi) is 3.17. The van der Waals surface area contributed by atoms with E-state index in [0.29, 0.717) is 0 Å². The van der Waals surface area contributed by atoms with Crippen molar-refractivity contribution < 1.29 is 19.1 Å². The molecule has 1 N–H and O–H groups in total. The number of halogens is 1. The van der Waals surface area contributed by atoms with Gasteiger partial charge in [-0.2, -0.15) is 0 Å². The summed E-state index contributed by atoms with van der Waals surface area (Å²) >= 11 is 0. The molecule has 21 heavy (non-hydrogen) atoms. The quantitative estimate of drug-likeness (QED) is 0.863. The molecule has 106 valence electrons. The zero-order valence-corrected chi connectivity index (χ0v) is 11.0. The van der Waals surface area contributed by atoms with Crippen molar-refractivity contribution in [3.05, 3.63) is 59.9 Å². The summed E-state index contributed by atoms with van der Waals surface area (Å²) in [6.45, 7) is 0. The van der Waals surface area contributed by atoms with Crippen molar-refractivity contribution in [2.24, 2.45) is 0 Å². The topological polar surface area (TPSA) is 57.6 Å². The normalized spacial score (nSPS) is 18.3. The molecule has 0 radical (unpaired) electrons. The second-order valence-corrected chi connectivity index (χ2v) is 4.87. The molecule has 1 aliphatic heterocycles. The highest BCUT2D eigenvalue weighted by atomic mass is 19.1. The fourth-order valence-corrected chi connectivity index (χ4v) is 2.51. The molecule has 0 aliphatic carbocycles. The Hall–Kier alpha value is -2.69. The minimum atomic E-state index is -0.801. The first kappa shape index (κ1) is 13.3. The van der Waals surface area contributed by atoms with E-state index >= 15 is 0 Å². The molecule has 0 aromatic heterocycles. The third kappa shape index (κ3) is 2.27. The molecule has 1 fully saturated rings. The highest BCUT2D eigenvalue weighted by molar-refractivity contribution is 6.22. The molecule has 0 saturated carbocycles. The zero-order valence-electron chi connectivity index (χ0n) is 11.0. The van der Waals surface area contributed by atoms with Crippen LogP contribution < -0.4 is 4.90 Å². The van der Waals surface area contributed by atoms with Gasteiger partial charge in [-0.1, -0.05) is 30.3 Å². The van der Waals surface area contributed by atoms with Gasteiger partial charge in [-0.25, -0.2) is 9.29 Å². The highest BCUT2D eigenvalue weighted by Gasteiger charge is 2.41. The molecule has 0 bridgehead atoms. The van der Waals surface area contributed by atoms with Crippen LogP contribution in [0.2, 0.25) is 0 Å². The molecule has 2 amide bonds. The summed E-state index contributed by atoms with van der Waals surface area (Å²) in [5, 5.41) is 9.21. The van der Waals surface area contributed by atoms with E-state index in [1.807, 2.05) is 6.07 Å². The molecule has 1 aliphatic rings. The number of phenolic OH excluding ortho intramolecular Hbond substituents is 1. The molecule has 1 heterocycles. The van der Waals surface area contributed by atoms with Crippen molar-refractivity contribution in [3.8, 4) is 5.75 Å². The molecule has 4 nitrogen and oxygen atoms in total. The summed E-state index contributed by atoms with van der Waals surface area (Å²) < 4.78 is 13.9. The van der Waals surface area contributed by atoms with E-state index in [9.17, 15) is 19.1 Å². The number of carbonyl (C=O) groups is 2. The number of phenols is 1. The molecule has 2 aromatic carbocycles. The van der Waals surface area contributed by atoms with Gasteiger partial charge in [0.2, 0.25) is 11.8 Å². The summed E-state index contributed by atoms with van der Waals surface area (Å²) in [6, 6.07) is 12.3. The van der Waals surface area contributed by atoms with Gasteiger partial charge in [0.05, 0.1) is 11.6 Å². The standard InChI is InChI=1S/C16H12FNO3/c17-13-8-11(19)6-7-14(13)18-15(20)9-12(16(18)21)10-4-2-1-3-5-10/h1-8,12,19H,9H2. The average molecular weight is 285 g/mol. The van der Waals surface area contributed by atoms with Crippen LogP contribution in [0.1, 0.15) is 17.9 Å². The number of nitrogens with zero attached hydrogens (tertiary/aromatic N) is 1. The van der Waals surface area contributed by atoms with Gasteiger partial charge in [0.1, 0.15) is 5.75 Å². The largest absolute Gasteiger partial charge is 0.508 e.